The third-order valence-electron chi connectivity index (χ3n) is 14.5. The summed E-state index contributed by atoms with van der Waals surface area (Å²) in [4.78, 5) is 0. The Morgan fingerprint density at radius 1 is 0.218 bits per heavy atom. The Balaban J connectivity index is 1.06. The molecule has 7 heterocycles. The zero-order valence-corrected chi connectivity index (χ0v) is 40.8. The minimum Gasteiger partial charge on any atom is -0.394 e. The summed E-state index contributed by atoms with van der Waals surface area (Å²) in [5.74, 6) is 0. The van der Waals surface area contributed by atoms with Gasteiger partial charge in [-0.1, -0.05) is 0 Å². The van der Waals surface area contributed by atoms with E-state index < -0.39 is 261 Å². The predicted molar refractivity (Wildman–Crippen MR) is 232 cm³/mol. The average Bonchev–Trinajstić information content (AvgIpc) is 3.56. The van der Waals surface area contributed by atoms with E-state index in [1.165, 1.54) is 0 Å². The summed E-state index contributed by atoms with van der Waals surface area (Å²) in [5.41, 5.74) is 0. The van der Waals surface area contributed by atoms with Crippen molar-refractivity contribution in [2.75, 3.05) is 46.2 Å². The smallest absolute Gasteiger partial charge is 0.187 e. The van der Waals surface area contributed by atoms with Crippen molar-refractivity contribution in [3.8, 4) is 0 Å². The molecule has 23 N–H and O–H groups in total. The summed E-state index contributed by atoms with van der Waals surface area (Å²) in [6.45, 7) is -6.81. The predicted octanol–water partition coefficient (Wildman–Crippen LogP) is -16.3. The minimum atomic E-state index is -2.30. The van der Waals surface area contributed by atoms with Crippen molar-refractivity contribution in [2.45, 2.75) is 215 Å². The molecule has 36 nitrogen and oxygen atoms in total. The molecule has 7 fully saturated rings. The molecular formula is C42H72O36. The number of ether oxygens (including phenoxy) is 13. The zero-order valence-electron chi connectivity index (χ0n) is 40.8. The van der Waals surface area contributed by atoms with E-state index in [4.69, 9.17) is 61.6 Å². The van der Waals surface area contributed by atoms with Crippen LogP contribution >= 0.6 is 0 Å². The highest BCUT2D eigenvalue weighted by Gasteiger charge is 2.58. The van der Waals surface area contributed by atoms with E-state index in [-0.39, 0.29) is 0 Å². The Morgan fingerprint density at radius 2 is 0.487 bits per heavy atom. The van der Waals surface area contributed by atoms with Crippen molar-refractivity contribution in [3.63, 3.8) is 0 Å². The summed E-state index contributed by atoms with van der Waals surface area (Å²) in [6.07, 6.45) is -69.5. The molecule has 7 aliphatic heterocycles. The van der Waals surface area contributed by atoms with Crippen LogP contribution in [-0.4, -0.2) is 379 Å². The van der Waals surface area contributed by atoms with Gasteiger partial charge in [-0.15, -0.1) is 0 Å². The van der Waals surface area contributed by atoms with Gasteiger partial charge in [-0.3, -0.25) is 0 Å². The topological polar surface area (TPSA) is 585 Å². The number of rotatable bonds is 19. The highest BCUT2D eigenvalue weighted by atomic mass is 16.8. The highest BCUT2D eigenvalue weighted by molar-refractivity contribution is 5.00. The third-order valence-corrected chi connectivity index (χ3v) is 14.5. The van der Waals surface area contributed by atoms with Crippen molar-refractivity contribution in [1.29, 1.82) is 0 Å². The first-order chi connectivity index (χ1) is 37.0. The van der Waals surface area contributed by atoms with Crippen LogP contribution in [0.25, 0.3) is 0 Å². The molecule has 0 aromatic rings. The van der Waals surface area contributed by atoms with Crippen LogP contribution < -0.4 is 0 Å². The third kappa shape index (κ3) is 13.1. The molecule has 7 rings (SSSR count). The van der Waals surface area contributed by atoms with Gasteiger partial charge in [-0.2, -0.15) is 0 Å². The Hall–Kier alpha value is -1.44. The van der Waals surface area contributed by atoms with Crippen LogP contribution in [0.5, 0.6) is 0 Å². The fourth-order valence-electron chi connectivity index (χ4n) is 9.81. The molecule has 0 radical (unpaired) electrons. The molecule has 0 spiro atoms. The molecule has 78 heavy (non-hydrogen) atoms. The molecule has 7 saturated heterocycles. The maximum Gasteiger partial charge on any atom is 0.187 e. The van der Waals surface area contributed by atoms with Gasteiger partial charge in [0.25, 0.3) is 0 Å². The number of aliphatic hydroxyl groups is 23. The van der Waals surface area contributed by atoms with Gasteiger partial charge in [0, 0.05) is 0 Å². The maximum atomic E-state index is 11.5. The first-order valence-corrected chi connectivity index (χ1v) is 24.7. The monoisotopic (exact) mass is 1150 g/mol. The summed E-state index contributed by atoms with van der Waals surface area (Å²) < 4.78 is 72.9. The molecular weight excluding hydrogens is 1080 g/mol. The summed E-state index contributed by atoms with van der Waals surface area (Å²) >= 11 is 0. The van der Waals surface area contributed by atoms with Gasteiger partial charge in [0.15, 0.2) is 44.0 Å². The van der Waals surface area contributed by atoms with Crippen molar-refractivity contribution < 1.29 is 179 Å². The van der Waals surface area contributed by atoms with Crippen molar-refractivity contribution in [3.05, 3.63) is 0 Å². The fourth-order valence-corrected chi connectivity index (χ4v) is 9.81. The van der Waals surface area contributed by atoms with Crippen LogP contribution in [0.15, 0.2) is 0 Å². The van der Waals surface area contributed by atoms with E-state index >= 15 is 0 Å². The Bertz CT molecular complexity index is 1820. The summed E-state index contributed by atoms with van der Waals surface area (Å²) in [6, 6.07) is 0. The van der Waals surface area contributed by atoms with Gasteiger partial charge in [-0.05, 0) is 0 Å². The quantitative estimate of drug-likeness (QED) is 0.0571. The molecule has 0 saturated carbocycles. The Morgan fingerprint density at radius 3 is 0.885 bits per heavy atom. The van der Waals surface area contributed by atoms with Gasteiger partial charge in [0.05, 0.1) is 46.2 Å². The molecule has 0 aromatic heterocycles. The Labute approximate surface area is 439 Å². The van der Waals surface area contributed by atoms with Gasteiger partial charge in [0.1, 0.15) is 171 Å². The second-order valence-corrected chi connectivity index (χ2v) is 19.6. The summed E-state index contributed by atoms with van der Waals surface area (Å²) in [5, 5.41) is 244. The molecule has 7 aliphatic rings. The standard InChI is InChI=1S/C42H72O36/c43-1-8-15(49)22(56)28(62)37(68-8)74-31-21(55)13(6-48)70-39(30(31)64)77-35-27(61)19(53)12(5-47)73-42(35)78-33-25(59)17(51)10(3-45)71-40(33)66-7-14-20(54)24(58)32(36(65)67-14)75-41-34(26(60)18(52)11(4-46)72-41)76-38-29(63)23(57)16(50)9(2-44)69-38/h8-65H,1-7H2/t8-,9-,10-,11-,12-,13-,14-,15-,16-,17-,18-,19-,20-,21-,22+,23+,24+,25+,26+,27+,28+,29+,30+,31+,32+,33+,34+,35+,36?,37-,38-,39-,40+,41-,42-/m1/s1. The van der Waals surface area contributed by atoms with Crippen LogP contribution in [0.3, 0.4) is 0 Å². The van der Waals surface area contributed by atoms with Crippen LogP contribution in [0.4, 0.5) is 0 Å². The van der Waals surface area contributed by atoms with E-state index in [1.807, 2.05) is 0 Å². The molecule has 456 valence electrons. The number of hydrogen-bond acceptors (Lipinski definition) is 36. The lowest BCUT2D eigenvalue weighted by Gasteiger charge is -2.49. The highest BCUT2D eigenvalue weighted by Crippen LogP contribution is 2.37. The van der Waals surface area contributed by atoms with E-state index in [0.29, 0.717) is 0 Å². The molecule has 35 atom stereocenters. The molecule has 0 amide bonds. The lowest BCUT2D eigenvalue weighted by Crippen LogP contribution is -2.68. The normalized spacial score (nSPS) is 53.5. The second kappa shape index (κ2) is 27.5. The SMILES string of the molecule is OC[C@H]1O[C@H](O[C@@H]2[C@H](O)[C@@H](O[C@@H]3[C@@H](O[C@@H]4[C@@H](OC[C@H]5OC(O)[C@@H](O[C@H]6O[C@H](CO)[C@@H](O)[C@H](O)[C@@H]6O[C@H]6O[C@H](CO)[C@@H](O)[C@H](O)[C@@H]6O)[C@@H](O)[C@@H]5O)O[C@H](CO)[C@@H](O)[C@@H]4O)O[C@H](CO)[C@@H](O)[C@@H]3O)O[C@H](CO)[C@H]2O)[C@@H](O)[C@@H](O)[C@@H]1O. The first-order valence-electron chi connectivity index (χ1n) is 24.7. The van der Waals surface area contributed by atoms with Crippen molar-refractivity contribution >= 4 is 0 Å². The lowest BCUT2D eigenvalue weighted by molar-refractivity contribution is -0.403. The first kappa shape index (κ1) is 64.1. The average molecular weight is 1150 g/mol. The zero-order chi connectivity index (χ0) is 57.3. The maximum absolute atomic E-state index is 11.5. The molecule has 1 unspecified atom stereocenters. The van der Waals surface area contributed by atoms with Crippen LogP contribution in [0.1, 0.15) is 0 Å². The van der Waals surface area contributed by atoms with E-state index in [9.17, 15) is 117 Å². The molecule has 36 heteroatoms. The van der Waals surface area contributed by atoms with E-state index in [0.717, 1.165) is 0 Å². The van der Waals surface area contributed by atoms with Crippen LogP contribution in [0.2, 0.25) is 0 Å². The molecule has 0 bridgehead atoms. The van der Waals surface area contributed by atoms with Crippen LogP contribution in [-0.2, 0) is 61.6 Å². The lowest BCUT2D eigenvalue weighted by atomic mass is 9.95. The molecule has 0 aromatic carbocycles. The van der Waals surface area contributed by atoms with E-state index in [2.05, 4.69) is 0 Å². The largest absolute Gasteiger partial charge is 0.394 e. The summed E-state index contributed by atoms with van der Waals surface area (Å²) in [7, 11) is 0. The van der Waals surface area contributed by atoms with Crippen molar-refractivity contribution in [1.82, 2.24) is 0 Å². The molecule has 0 aliphatic carbocycles. The van der Waals surface area contributed by atoms with Gasteiger partial charge in [0.2, 0.25) is 0 Å². The van der Waals surface area contributed by atoms with E-state index in [1.54, 1.807) is 0 Å². The number of aliphatic hydroxyl groups excluding tert-OH is 23. The fraction of sp³-hybridized carbons (Fsp3) is 1.00. The van der Waals surface area contributed by atoms with Crippen LogP contribution in [0, 0.1) is 0 Å². The minimum absolute atomic E-state index is 0.901. The van der Waals surface area contributed by atoms with Gasteiger partial charge in [-0.25, -0.2) is 0 Å². The number of hydrogen-bond donors (Lipinski definition) is 23. The Kier molecular flexibility index (Phi) is 22.6. The van der Waals surface area contributed by atoms with Gasteiger partial charge >= 0.3 is 0 Å². The second-order valence-electron chi connectivity index (χ2n) is 19.6. The van der Waals surface area contributed by atoms with Crippen molar-refractivity contribution in [2.24, 2.45) is 0 Å². The van der Waals surface area contributed by atoms with Gasteiger partial charge < -0.3 is 179 Å².